The van der Waals surface area contributed by atoms with Gasteiger partial charge in [-0.2, -0.15) is 0 Å². The predicted octanol–water partition coefficient (Wildman–Crippen LogP) is 3.56. The van der Waals surface area contributed by atoms with Crippen molar-refractivity contribution in [3.8, 4) is 10.8 Å². The number of nitrogens with zero attached hydrogens (tertiary/aromatic N) is 3. The molecule has 7 nitrogen and oxygen atoms in total. The first kappa shape index (κ1) is 17.0. The Bertz CT molecular complexity index is 899. The molecule has 8 heteroatoms. The van der Waals surface area contributed by atoms with Gasteiger partial charge in [-0.1, -0.05) is 29.5 Å². The lowest BCUT2D eigenvalue weighted by Crippen LogP contribution is -2.48. The number of para-hydroxylation sites is 1. The highest BCUT2D eigenvalue weighted by Gasteiger charge is 2.27. The van der Waals surface area contributed by atoms with Gasteiger partial charge in [-0.05, 0) is 38.9 Å². The first-order valence-electron chi connectivity index (χ1n) is 8.64. The number of nitrogens with one attached hydrogen (secondary N) is 2. The van der Waals surface area contributed by atoms with Crippen LogP contribution in [0, 0.1) is 0 Å². The standard InChI is InChI=1S/C18H21N5O2S/c1-18(2)11-23(9-5-8-19-18)17(24)20-16-22-21-15(26-16)14-10-12-6-3-4-7-13(12)25-14/h3-4,6-7,10,19H,5,8-9,11H2,1-2H3,(H,20,22,24). The zero-order valence-corrected chi connectivity index (χ0v) is 15.6. The van der Waals surface area contributed by atoms with E-state index in [1.54, 1.807) is 0 Å². The zero-order valence-electron chi connectivity index (χ0n) is 14.8. The lowest BCUT2D eigenvalue weighted by Gasteiger charge is -2.29. The minimum absolute atomic E-state index is 0.103. The van der Waals surface area contributed by atoms with Gasteiger partial charge in [-0.15, -0.1) is 10.2 Å². The smallest absolute Gasteiger partial charge is 0.323 e. The summed E-state index contributed by atoms with van der Waals surface area (Å²) in [6.07, 6.45) is 0.928. The molecule has 1 aromatic carbocycles. The molecule has 136 valence electrons. The number of anilines is 1. The number of benzene rings is 1. The van der Waals surface area contributed by atoms with Crippen molar-refractivity contribution < 1.29 is 9.21 Å². The first-order valence-corrected chi connectivity index (χ1v) is 9.45. The number of rotatable bonds is 2. The fraction of sp³-hybridized carbons (Fsp3) is 0.389. The van der Waals surface area contributed by atoms with Crippen LogP contribution in [-0.4, -0.2) is 46.3 Å². The fourth-order valence-corrected chi connectivity index (χ4v) is 3.80. The number of amides is 2. The van der Waals surface area contributed by atoms with E-state index in [9.17, 15) is 4.79 Å². The summed E-state index contributed by atoms with van der Waals surface area (Å²) in [5.74, 6) is 0.657. The van der Waals surface area contributed by atoms with Gasteiger partial charge in [0.25, 0.3) is 0 Å². The lowest BCUT2D eigenvalue weighted by atomic mass is 10.1. The van der Waals surface area contributed by atoms with Crippen molar-refractivity contribution in [3.63, 3.8) is 0 Å². The average Bonchev–Trinajstić information content (AvgIpc) is 3.19. The number of hydrogen-bond donors (Lipinski definition) is 2. The Morgan fingerprint density at radius 3 is 3.04 bits per heavy atom. The summed E-state index contributed by atoms with van der Waals surface area (Å²) in [5.41, 5.74) is 0.705. The van der Waals surface area contributed by atoms with Crippen molar-refractivity contribution >= 4 is 33.5 Å². The third kappa shape index (κ3) is 3.56. The van der Waals surface area contributed by atoms with E-state index >= 15 is 0 Å². The second-order valence-corrected chi connectivity index (χ2v) is 8.05. The van der Waals surface area contributed by atoms with Crippen molar-refractivity contribution in [1.29, 1.82) is 0 Å². The topological polar surface area (TPSA) is 83.3 Å². The highest BCUT2D eigenvalue weighted by Crippen LogP contribution is 2.31. The molecule has 1 aliphatic heterocycles. The molecule has 1 fully saturated rings. The maximum atomic E-state index is 12.6. The van der Waals surface area contributed by atoms with Crippen molar-refractivity contribution in [2.45, 2.75) is 25.8 Å². The Hall–Kier alpha value is -2.45. The summed E-state index contributed by atoms with van der Waals surface area (Å²) < 4.78 is 5.81. The Balaban J connectivity index is 1.48. The molecule has 2 amide bonds. The van der Waals surface area contributed by atoms with Crippen molar-refractivity contribution in [2.24, 2.45) is 0 Å². The maximum Gasteiger partial charge on any atom is 0.323 e. The molecule has 0 radical (unpaired) electrons. The van der Waals surface area contributed by atoms with Crippen molar-refractivity contribution in [1.82, 2.24) is 20.4 Å². The molecule has 1 aliphatic rings. The second-order valence-electron chi connectivity index (χ2n) is 7.08. The molecular weight excluding hydrogens is 350 g/mol. The normalized spacial score (nSPS) is 17.2. The minimum Gasteiger partial charge on any atom is -0.453 e. The van der Waals surface area contributed by atoms with E-state index in [2.05, 4.69) is 34.7 Å². The van der Waals surface area contributed by atoms with Crippen LogP contribution >= 0.6 is 11.3 Å². The Morgan fingerprint density at radius 1 is 1.35 bits per heavy atom. The van der Waals surface area contributed by atoms with Crippen LogP contribution in [0.1, 0.15) is 20.3 Å². The van der Waals surface area contributed by atoms with Gasteiger partial charge in [-0.3, -0.25) is 5.32 Å². The van der Waals surface area contributed by atoms with Crippen molar-refractivity contribution in [2.75, 3.05) is 25.0 Å². The molecule has 1 saturated heterocycles. The van der Waals surface area contributed by atoms with Crippen LogP contribution in [0.2, 0.25) is 0 Å². The predicted molar refractivity (Wildman–Crippen MR) is 102 cm³/mol. The molecule has 0 atom stereocenters. The van der Waals surface area contributed by atoms with E-state index in [-0.39, 0.29) is 11.6 Å². The third-order valence-corrected chi connectivity index (χ3v) is 5.21. The van der Waals surface area contributed by atoms with Gasteiger partial charge < -0.3 is 14.6 Å². The molecule has 0 spiro atoms. The number of fused-ring (bicyclic) bond motifs is 1. The highest BCUT2D eigenvalue weighted by molar-refractivity contribution is 7.18. The van der Waals surface area contributed by atoms with Crippen LogP contribution in [0.3, 0.4) is 0 Å². The third-order valence-electron chi connectivity index (χ3n) is 4.36. The van der Waals surface area contributed by atoms with Crippen LogP contribution < -0.4 is 10.6 Å². The first-order chi connectivity index (χ1) is 12.5. The van der Waals surface area contributed by atoms with Gasteiger partial charge in [-0.25, -0.2) is 4.79 Å². The average molecular weight is 371 g/mol. The van der Waals surface area contributed by atoms with Crippen molar-refractivity contribution in [3.05, 3.63) is 30.3 Å². The van der Waals surface area contributed by atoms with Gasteiger partial charge in [0.1, 0.15) is 5.58 Å². The van der Waals surface area contributed by atoms with E-state index in [4.69, 9.17) is 4.42 Å². The molecule has 26 heavy (non-hydrogen) atoms. The van der Waals surface area contributed by atoms with Crippen LogP contribution in [0.15, 0.2) is 34.7 Å². The number of hydrogen-bond acceptors (Lipinski definition) is 6. The van der Waals surface area contributed by atoms with E-state index < -0.39 is 0 Å². The van der Waals surface area contributed by atoms with Crippen LogP contribution in [-0.2, 0) is 0 Å². The molecule has 0 aliphatic carbocycles. The number of carbonyl (C=O) groups is 1. The molecule has 0 unspecified atom stereocenters. The van der Waals surface area contributed by atoms with Crippen LogP contribution in [0.25, 0.3) is 21.7 Å². The molecule has 0 saturated carbocycles. The van der Waals surface area contributed by atoms with Gasteiger partial charge in [0.05, 0.1) is 0 Å². The molecule has 4 rings (SSSR count). The van der Waals surface area contributed by atoms with Gasteiger partial charge in [0.15, 0.2) is 10.8 Å². The molecule has 3 heterocycles. The summed E-state index contributed by atoms with van der Waals surface area (Å²) in [6.45, 7) is 6.48. The highest BCUT2D eigenvalue weighted by atomic mass is 32.1. The minimum atomic E-state index is -0.144. The Labute approximate surface area is 155 Å². The number of furan rings is 1. The molecule has 3 aromatic rings. The summed E-state index contributed by atoms with van der Waals surface area (Å²) in [6, 6.07) is 9.58. The molecule has 0 bridgehead atoms. The largest absolute Gasteiger partial charge is 0.453 e. The summed E-state index contributed by atoms with van der Waals surface area (Å²) in [4.78, 5) is 14.4. The van der Waals surface area contributed by atoms with E-state index in [0.29, 0.717) is 22.4 Å². The summed E-state index contributed by atoms with van der Waals surface area (Å²) in [7, 11) is 0. The second kappa shape index (κ2) is 6.69. The lowest BCUT2D eigenvalue weighted by molar-refractivity contribution is 0.201. The molecule has 2 aromatic heterocycles. The number of carbonyl (C=O) groups excluding carboxylic acids is 1. The van der Waals surface area contributed by atoms with E-state index in [0.717, 1.165) is 30.5 Å². The fourth-order valence-electron chi connectivity index (χ4n) is 3.11. The monoisotopic (exact) mass is 371 g/mol. The Kier molecular flexibility index (Phi) is 4.37. The quantitative estimate of drug-likeness (QED) is 0.720. The van der Waals surface area contributed by atoms with Gasteiger partial charge >= 0.3 is 6.03 Å². The van der Waals surface area contributed by atoms with Crippen LogP contribution in [0.4, 0.5) is 9.93 Å². The van der Waals surface area contributed by atoms with Crippen LogP contribution in [0.5, 0.6) is 0 Å². The SMILES string of the molecule is CC1(C)CN(C(=O)Nc2nnc(-c3cc4ccccc4o3)s2)CCCN1. The van der Waals surface area contributed by atoms with Gasteiger partial charge in [0.2, 0.25) is 5.13 Å². The molecule has 2 N–H and O–H groups in total. The number of urea groups is 1. The number of aromatic nitrogens is 2. The zero-order chi connectivity index (χ0) is 18.1. The van der Waals surface area contributed by atoms with E-state index in [1.165, 1.54) is 11.3 Å². The van der Waals surface area contributed by atoms with E-state index in [1.807, 2.05) is 35.2 Å². The maximum absolute atomic E-state index is 12.6. The van der Waals surface area contributed by atoms with Gasteiger partial charge in [0, 0.05) is 24.0 Å². The summed E-state index contributed by atoms with van der Waals surface area (Å²) >= 11 is 1.31. The molecular formula is C18H21N5O2S. The Morgan fingerprint density at radius 2 is 2.19 bits per heavy atom. The summed E-state index contributed by atoms with van der Waals surface area (Å²) in [5, 5.41) is 16.7.